The largest absolute Gasteiger partial charge is 0.281 e. The Morgan fingerprint density at radius 2 is 1.96 bits per heavy atom. The van der Waals surface area contributed by atoms with Crippen molar-refractivity contribution in [3.05, 3.63) is 75.2 Å². The smallest absolute Gasteiger partial charge is 0.267 e. The van der Waals surface area contributed by atoms with Crippen molar-refractivity contribution in [2.24, 2.45) is 0 Å². The highest BCUT2D eigenvalue weighted by atomic mass is 32.1. The number of hydrogen-bond donors (Lipinski definition) is 1. The molecule has 124 valence electrons. The first-order valence-electron chi connectivity index (χ1n) is 7.23. The maximum absolute atomic E-state index is 13.0. The maximum atomic E-state index is 13.0. The summed E-state index contributed by atoms with van der Waals surface area (Å²) in [4.78, 5) is 30.9. The second-order valence-electron chi connectivity index (χ2n) is 5.17. The Bertz CT molecular complexity index is 1120. The lowest BCUT2D eigenvalue weighted by atomic mass is 10.2. The number of rotatable bonds is 3. The summed E-state index contributed by atoms with van der Waals surface area (Å²) in [7, 11) is 0. The van der Waals surface area contributed by atoms with E-state index >= 15 is 0 Å². The number of aromatic nitrogens is 2. The van der Waals surface area contributed by atoms with Gasteiger partial charge in [0.1, 0.15) is 17.0 Å². The van der Waals surface area contributed by atoms with Gasteiger partial charge >= 0.3 is 0 Å². The highest BCUT2D eigenvalue weighted by Crippen LogP contribution is 2.33. The van der Waals surface area contributed by atoms with Crippen LogP contribution in [0.2, 0.25) is 0 Å². The van der Waals surface area contributed by atoms with Crippen molar-refractivity contribution in [3.8, 4) is 10.4 Å². The molecule has 1 aromatic carbocycles. The van der Waals surface area contributed by atoms with Crippen molar-refractivity contribution < 1.29 is 9.18 Å². The number of carbonyl (C=O) groups excluding carboxylic acids is 1. The van der Waals surface area contributed by atoms with E-state index in [-0.39, 0.29) is 11.1 Å². The van der Waals surface area contributed by atoms with Crippen LogP contribution in [0.25, 0.3) is 20.7 Å². The average molecular weight is 371 g/mol. The van der Waals surface area contributed by atoms with E-state index in [9.17, 15) is 14.0 Å². The molecule has 5 nitrogen and oxygen atoms in total. The highest BCUT2D eigenvalue weighted by molar-refractivity contribution is 7.18. The molecule has 0 atom stereocenters. The van der Waals surface area contributed by atoms with Crippen LogP contribution >= 0.6 is 22.7 Å². The van der Waals surface area contributed by atoms with Gasteiger partial charge in [0.25, 0.3) is 11.5 Å². The minimum absolute atomic E-state index is 0.247. The van der Waals surface area contributed by atoms with Crippen molar-refractivity contribution >= 4 is 38.8 Å². The molecule has 0 aliphatic carbocycles. The fourth-order valence-electron chi connectivity index (χ4n) is 2.40. The molecule has 0 radical (unpaired) electrons. The Labute approximate surface area is 149 Å². The lowest BCUT2D eigenvalue weighted by Gasteiger charge is -2.08. The number of nitrogens with zero attached hydrogens (tertiary/aromatic N) is 2. The third-order valence-corrected chi connectivity index (χ3v) is 5.40. The fourth-order valence-corrected chi connectivity index (χ4v) is 4.12. The molecule has 1 N–H and O–H groups in total. The summed E-state index contributed by atoms with van der Waals surface area (Å²) in [5.41, 5.74) is 3.18. The van der Waals surface area contributed by atoms with Crippen LogP contribution in [0.1, 0.15) is 10.4 Å². The van der Waals surface area contributed by atoms with E-state index in [1.165, 1.54) is 53.3 Å². The molecular weight excluding hydrogens is 361 g/mol. The SMILES string of the molecule is O=C(Nn1cnc2scc(-c3cccs3)c2c1=O)c1ccc(F)cc1. The van der Waals surface area contributed by atoms with Crippen LogP contribution < -0.4 is 11.0 Å². The zero-order chi connectivity index (χ0) is 17.4. The topological polar surface area (TPSA) is 64.0 Å². The number of nitrogens with one attached hydrogen (secondary N) is 1. The number of thiophene rings is 2. The van der Waals surface area contributed by atoms with Crippen LogP contribution in [-0.4, -0.2) is 15.6 Å². The Morgan fingerprint density at radius 1 is 1.16 bits per heavy atom. The molecule has 4 rings (SSSR count). The van der Waals surface area contributed by atoms with E-state index in [1.54, 1.807) is 0 Å². The zero-order valence-electron chi connectivity index (χ0n) is 12.6. The van der Waals surface area contributed by atoms with Crippen LogP contribution in [-0.2, 0) is 0 Å². The van der Waals surface area contributed by atoms with E-state index in [2.05, 4.69) is 10.4 Å². The van der Waals surface area contributed by atoms with Crippen molar-refractivity contribution in [2.45, 2.75) is 0 Å². The third-order valence-electron chi connectivity index (χ3n) is 3.61. The second kappa shape index (κ2) is 6.23. The first-order chi connectivity index (χ1) is 12.1. The number of hydrogen-bond acceptors (Lipinski definition) is 5. The van der Waals surface area contributed by atoms with Gasteiger partial charge in [-0.05, 0) is 35.7 Å². The number of carbonyl (C=O) groups is 1. The van der Waals surface area contributed by atoms with E-state index < -0.39 is 11.7 Å². The summed E-state index contributed by atoms with van der Waals surface area (Å²) in [6, 6.07) is 8.92. The van der Waals surface area contributed by atoms with Gasteiger partial charge in [-0.15, -0.1) is 22.7 Å². The molecular formula is C17H10FN3O2S2. The van der Waals surface area contributed by atoms with Crippen molar-refractivity contribution in [1.29, 1.82) is 0 Å². The summed E-state index contributed by atoms with van der Waals surface area (Å²) in [6.45, 7) is 0. The summed E-state index contributed by atoms with van der Waals surface area (Å²) >= 11 is 2.91. The monoisotopic (exact) mass is 371 g/mol. The van der Waals surface area contributed by atoms with E-state index in [0.717, 1.165) is 15.1 Å². The Morgan fingerprint density at radius 3 is 2.68 bits per heavy atom. The molecule has 0 unspecified atom stereocenters. The van der Waals surface area contributed by atoms with Crippen molar-refractivity contribution in [1.82, 2.24) is 9.66 Å². The Hall–Kier alpha value is -2.84. The van der Waals surface area contributed by atoms with Gasteiger partial charge in [0, 0.05) is 21.4 Å². The standard InChI is InChI=1S/C17H10FN3O2S2/c18-11-5-3-10(4-6-11)15(22)20-21-9-19-16-14(17(21)23)12(8-25-16)13-2-1-7-24-13/h1-9H,(H,20,22). The first kappa shape index (κ1) is 15.7. The van der Waals surface area contributed by atoms with E-state index in [0.29, 0.717) is 10.2 Å². The van der Waals surface area contributed by atoms with E-state index in [4.69, 9.17) is 0 Å². The van der Waals surface area contributed by atoms with Gasteiger partial charge < -0.3 is 0 Å². The molecule has 0 spiro atoms. The molecule has 0 aliphatic heterocycles. The molecule has 8 heteroatoms. The zero-order valence-corrected chi connectivity index (χ0v) is 14.2. The van der Waals surface area contributed by atoms with Crippen LogP contribution in [0.5, 0.6) is 0 Å². The van der Waals surface area contributed by atoms with Gasteiger partial charge in [-0.2, -0.15) is 0 Å². The normalized spacial score (nSPS) is 10.9. The number of halogens is 1. The summed E-state index contributed by atoms with van der Waals surface area (Å²) < 4.78 is 14.0. The molecule has 0 aliphatic rings. The van der Waals surface area contributed by atoms with Gasteiger partial charge in [-0.3, -0.25) is 15.0 Å². The summed E-state index contributed by atoms with van der Waals surface area (Å²) in [5, 5.41) is 4.29. The minimum atomic E-state index is -0.517. The Kier molecular flexibility index (Phi) is 3.90. The van der Waals surface area contributed by atoms with Gasteiger partial charge in [-0.1, -0.05) is 6.07 Å². The van der Waals surface area contributed by atoms with Crippen LogP contribution in [0.3, 0.4) is 0 Å². The number of fused-ring (bicyclic) bond motifs is 1. The summed E-state index contributed by atoms with van der Waals surface area (Å²) in [6.07, 6.45) is 1.28. The summed E-state index contributed by atoms with van der Waals surface area (Å²) in [5.74, 6) is -0.952. The average Bonchev–Trinajstić information content (AvgIpc) is 3.27. The lowest BCUT2D eigenvalue weighted by Crippen LogP contribution is -2.33. The number of amides is 1. The molecule has 25 heavy (non-hydrogen) atoms. The van der Waals surface area contributed by atoms with Gasteiger partial charge in [0.2, 0.25) is 0 Å². The van der Waals surface area contributed by atoms with Gasteiger partial charge in [0.15, 0.2) is 0 Å². The van der Waals surface area contributed by atoms with Gasteiger partial charge in [0.05, 0.1) is 5.39 Å². The molecule has 3 heterocycles. The maximum Gasteiger partial charge on any atom is 0.281 e. The second-order valence-corrected chi connectivity index (χ2v) is 6.98. The quantitative estimate of drug-likeness (QED) is 0.597. The van der Waals surface area contributed by atoms with Crippen LogP contribution in [0.4, 0.5) is 4.39 Å². The minimum Gasteiger partial charge on any atom is -0.267 e. The van der Waals surface area contributed by atoms with Crippen molar-refractivity contribution in [2.75, 3.05) is 5.43 Å². The molecule has 4 aromatic rings. The van der Waals surface area contributed by atoms with E-state index in [1.807, 2.05) is 22.9 Å². The molecule has 0 saturated heterocycles. The lowest BCUT2D eigenvalue weighted by molar-refractivity contribution is 0.101. The Balaban J connectivity index is 1.74. The van der Waals surface area contributed by atoms with Gasteiger partial charge in [-0.25, -0.2) is 14.1 Å². The van der Waals surface area contributed by atoms with Crippen LogP contribution in [0.15, 0.2) is 58.3 Å². The molecule has 0 fully saturated rings. The highest BCUT2D eigenvalue weighted by Gasteiger charge is 2.15. The predicted molar refractivity (Wildman–Crippen MR) is 97.3 cm³/mol. The third kappa shape index (κ3) is 2.86. The molecule has 1 amide bonds. The molecule has 0 bridgehead atoms. The fraction of sp³-hybridized carbons (Fsp3) is 0. The van der Waals surface area contributed by atoms with Crippen molar-refractivity contribution in [3.63, 3.8) is 0 Å². The molecule has 0 saturated carbocycles. The molecule has 3 aromatic heterocycles. The predicted octanol–water partition coefficient (Wildman–Crippen LogP) is 3.71. The number of benzene rings is 1. The van der Waals surface area contributed by atoms with Crippen LogP contribution in [0, 0.1) is 5.82 Å². The first-order valence-corrected chi connectivity index (χ1v) is 8.99.